The second-order valence-electron chi connectivity index (χ2n) is 14.0. The summed E-state index contributed by atoms with van der Waals surface area (Å²) >= 11 is 1.88. The van der Waals surface area contributed by atoms with Crippen LogP contribution in [0.2, 0.25) is 0 Å². The van der Waals surface area contributed by atoms with Crippen LogP contribution in [0.4, 0.5) is 17.1 Å². The monoisotopic (exact) mass is 719 g/mol. The van der Waals surface area contributed by atoms with E-state index in [-0.39, 0.29) is 0 Å². The molecule has 11 rings (SSSR count). The lowest BCUT2D eigenvalue weighted by molar-refractivity contribution is 0.669. The standard InChI is InChI=1S/C52H33NOS/c1-2-13-35(14-3-1)43-23-10-24-44-45-25-11-26-47(52(45)55-51(43)44)53(38-31-29-36(30-32-38)41-21-9-16-34-15-4-5-19-40(34)41)39-18-8-17-37(33-39)42-22-12-28-49-50(42)46-20-6-7-27-48(46)54-49/h1-33H. The number of anilines is 3. The van der Waals surface area contributed by atoms with Crippen molar-refractivity contribution >= 4 is 81.3 Å². The van der Waals surface area contributed by atoms with Crippen LogP contribution in [-0.4, -0.2) is 0 Å². The molecule has 0 spiro atoms. The van der Waals surface area contributed by atoms with Gasteiger partial charge in [0.1, 0.15) is 11.2 Å². The molecule has 11 aromatic rings. The van der Waals surface area contributed by atoms with Crippen LogP contribution in [-0.2, 0) is 0 Å². The van der Waals surface area contributed by atoms with Crippen LogP contribution in [0.3, 0.4) is 0 Å². The lowest BCUT2D eigenvalue weighted by Gasteiger charge is -2.27. The van der Waals surface area contributed by atoms with E-state index in [1.54, 1.807) is 0 Å². The van der Waals surface area contributed by atoms with Crippen molar-refractivity contribution in [2.45, 2.75) is 0 Å². The molecule has 0 aliphatic carbocycles. The van der Waals surface area contributed by atoms with Crippen LogP contribution in [0.5, 0.6) is 0 Å². The topological polar surface area (TPSA) is 16.4 Å². The lowest BCUT2D eigenvalue weighted by atomic mass is 9.97. The molecular formula is C52H33NOS. The van der Waals surface area contributed by atoms with Gasteiger partial charge in [-0.1, -0.05) is 158 Å². The Hall–Kier alpha value is -6.94. The van der Waals surface area contributed by atoms with E-state index in [4.69, 9.17) is 4.42 Å². The minimum absolute atomic E-state index is 0.897. The quantitative estimate of drug-likeness (QED) is 0.170. The summed E-state index contributed by atoms with van der Waals surface area (Å²) in [7, 11) is 0. The average molecular weight is 720 g/mol. The Labute approximate surface area is 322 Å². The van der Waals surface area contributed by atoms with Gasteiger partial charge in [0.25, 0.3) is 0 Å². The Morgan fingerprint density at radius 1 is 0.364 bits per heavy atom. The lowest BCUT2D eigenvalue weighted by Crippen LogP contribution is -2.10. The van der Waals surface area contributed by atoms with Gasteiger partial charge in [-0.15, -0.1) is 11.3 Å². The second-order valence-corrected chi connectivity index (χ2v) is 15.1. The number of benzene rings is 9. The van der Waals surface area contributed by atoms with Crippen molar-refractivity contribution in [3.05, 3.63) is 200 Å². The fraction of sp³-hybridized carbons (Fsp3) is 0. The molecule has 2 aromatic heterocycles. The molecule has 2 nitrogen and oxygen atoms in total. The maximum absolute atomic E-state index is 6.31. The molecule has 258 valence electrons. The molecule has 0 aliphatic rings. The average Bonchev–Trinajstić information content (AvgIpc) is 3.84. The summed E-state index contributed by atoms with van der Waals surface area (Å²) in [5.41, 5.74) is 12.4. The van der Waals surface area contributed by atoms with E-state index in [2.05, 4.69) is 193 Å². The van der Waals surface area contributed by atoms with E-state index in [0.29, 0.717) is 0 Å². The Balaban J connectivity index is 1.12. The second kappa shape index (κ2) is 12.9. The molecule has 2 heterocycles. The third-order valence-corrected chi connectivity index (χ3v) is 12.2. The van der Waals surface area contributed by atoms with Crippen LogP contribution in [0.25, 0.3) is 86.3 Å². The number of thiophene rings is 1. The van der Waals surface area contributed by atoms with Crippen molar-refractivity contribution in [1.82, 2.24) is 0 Å². The van der Waals surface area contributed by atoms with Crippen LogP contribution < -0.4 is 4.90 Å². The zero-order chi connectivity index (χ0) is 36.3. The highest BCUT2D eigenvalue weighted by atomic mass is 32.1. The highest BCUT2D eigenvalue weighted by molar-refractivity contribution is 7.27. The molecule has 0 amide bonds. The summed E-state index contributed by atoms with van der Waals surface area (Å²) in [4.78, 5) is 2.43. The van der Waals surface area contributed by atoms with Gasteiger partial charge < -0.3 is 9.32 Å². The summed E-state index contributed by atoms with van der Waals surface area (Å²) < 4.78 is 8.87. The number of nitrogens with zero attached hydrogens (tertiary/aromatic N) is 1. The first kappa shape index (κ1) is 31.6. The SMILES string of the molecule is c1ccc(-c2cccc3c2sc2c(N(c4ccc(-c5cccc6ccccc56)cc4)c4cccc(-c5cccc6oc7ccccc7c56)c4)cccc23)cc1. The molecule has 0 aliphatic heterocycles. The third-order valence-electron chi connectivity index (χ3n) is 10.9. The normalized spacial score (nSPS) is 11.6. The maximum atomic E-state index is 6.31. The van der Waals surface area contributed by atoms with Gasteiger partial charge in [-0.25, -0.2) is 0 Å². The molecule has 0 unspecified atom stereocenters. The van der Waals surface area contributed by atoms with Gasteiger partial charge in [-0.05, 0) is 86.6 Å². The minimum Gasteiger partial charge on any atom is -0.456 e. The first-order valence-electron chi connectivity index (χ1n) is 18.7. The molecule has 3 heteroatoms. The summed E-state index contributed by atoms with van der Waals surface area (Å²) in [6, 6.07) is 72.1. The van der Waals surface area contributed by atoms with E-state index in [9.17, 15) is 0 Å². The summed E-state index contributed by atoms with van der Waals surface area (Å²) in [5.74, 6) is 0. The number of hydrogen-bond acceptors (Lipinski definition) is 3. The molecule has 0 bridgehead atoms. The first-order chi connectivity index (χ1) is 27.3. The van der Waals surface area contributed by atoms with Crippen LogP contribution in [0.15, 0.2) is 205 Å². The van der Waals surface area contributed by atoms with E-state index in [1.165, 1.54) is 53.2 Å². The van der Waals surface area contributed by atoms with Crippen molar-refractivity contribution in [2.75, 3.05) is 4.90 Å². The zero-order valence-electron chi connectivity index (χ0n) is 29.8. The highest BCUT2D eigenvalue weighted by Crippen LogP contribution is 2.48. The predicted octanol–water partition coefficient (Wildman–Crippen LogP) is 15.6. The van der Waals surface area contributed by atoms with Gasteiger partial charge in [0.2, 0.25) is 0 Å². The van der Waals surface area contributed by atoms with Crippen LogP contribution in [0.1, 0.15) is 0 Å². The molecular weight excluding hydrogens is 687 g/mol. The van der Waals surface area contributed by atoms with Gasteiger partial charge in [0.05, 0.1) is 10.4 Å². The Kier molecular flexibility index (Phi) is 7.39. The van der Waals surface area contributed by atoms with Crippen molar-refractivity contribution in [3.8, 4) is 33.4 Å². The molecule has 55 heavy (non-hydrogen) atoms. The number of hydrogen-bond donors (Lipinski definition) is 0. The van der Waals surface area contributed by atoms with Gasteiger partial charge in [0, 0.05) is 37.6 Å². The molecule has 0 fully saturated rings. The van der Waals surface area contributed by atoms with Crippen LogP contribution in [0, 0.1) is 0 Å². The fourth-order valence-electron chi connectivity index (χ4n) is 8.35. The van der Waals surface area contributed by atoms with Gasteiger partial charge in [0.15, 0.2) is 0 Å². The number of rotatable bonds is 6. The number of fused-ring (bicyclic) bond motifs is 7. The zero-order valence-corrected chi connectivity index (χ0v) is 30.6. The fourth-order valence-corrected chi connectivity index (χ4v) is 9.69. The minimum atomic E-state index is 0.897. The largest absolute Gasteiger partial charge is 0.456 e. The third kappa shape index (κ3) is 5.24. The van der Waals surface area contributed by atoms with Crippen LogP contribution >= 0.6 is 11.3 Å². The number of furan rings is 1. The Morgan fingerprint density at radius 2 is 0.964 bits per heavy atom. The maximum Gasteiger partial charge on any atom is 0.136 e. The first-order valence-corrected chi connectivity index (χ1v) is 19.5. The van der Waals surface area contributed by atoms with Crippen molar-refractivity contribution in [3.63, 3.8) is 0 Å². The van der Waals surface area contributed by atoms with Gasteiger partial charge >= 0.3 is 0 Å². The molecule has 0 atom stereocenters. The van der Waals surface area contributed by atoms with E-state index < -0.39 is 0 Å². The molecule has 0 saturated heterocycles. The van der Waals surface area contributed by atoms with Crippen molar-refractivity contribution in [2.24, 2.45) is 0 Å². The molecule has 0 saturated carbocycles. The smallest absolute Gasteiger partial charge is 0.136 e. The van der Waals surface area contributed by atoms with Crippen molar-refractivity contribution < 1.29 is 4.42 Å². The van der Waals surface area contributed by atoms with E-state index in [1.807, 2.05) is 23.5 Å². The Morgan fingerprint density at radius 3 is 1.85 bits per heavy atom. The van der Waals surface area contributed by atoms with Gasteiger partial charge in [-0.2, -0.15) is 0 Å². The summed E-state index contributed by atoms with van der Waals surface area (Å²) in [6.45, 7) is 0. The summed E-state index contributed by atoms with van der Waals surface area (Å²) in [5, 5.41) is 7.31. The highest BCUT2D eigenvalue weighted by Gasteiger charge is 2.21. The molecule has 9 aromatic carbocycles. The van der Waals surface area contributed by atoms with E-state index >= 15 is 0 Å². The molecule has 0 N–H and O–H groups in total. The van der Waals surface area contributed by atoms with E-state index in [0.717, 1.165) is 50.1 Å². The van der Waals surface area contributed by atoms with Gasteiger partial charge in [-0.3, -0.25) is 0 Å². The van der Waals surface area contributed by atoms with Crippen molar-refractivity contribution in [1.29, 1.82) is 0 Å². The summed E-state index contributed by atoms with van der Waals surface area (Å²) in [6.07, 6.45) is 0. The predicted molar refractivity (Wildman–Crippen MR) is 235 cm³/mol. The molecule has 0 radical (unpaired) electrons. The number of para-hydroxylation sites is 1. The Bertz CT molecular complexity index is 3200.